The van der Waals surface area contributed by atoms with Gasteiger partial charge < -0.3 is 5.32 Å². The topological polar surface area (TPSA) is 60.2 Å². The summed E-state index contributed by atoms with van der Waals surface area (Å²) >= 11 is 0. The lowest BCUT2D eigenvalue weighted by atomic mass is 9.88. The van der Waals surface area contributed by atoms with Crippen LogP contribution >= 0.6 is 0 Å². The third-order valence-corrected chi connectivity index (χ3v) is 3.22. The molecule has 1 unspecified atom stereocenters. The number of guanidine groups is 1. The zero-order valence-electron chi connectivity index (χ0n) is 11.5. The Balaban J connectivity index is 2.24. The molecule has 1 atom stereocenters. The van der Waals surface area contributed by atoms with Crippen LogP contribution < -0.4 is 10.6 Å². The molecule has 2 N–H and O–H groups in total. The molecule has 0 aliphatic heterocycles. The number of hydrogen-bond acceptors (Lipinski definition) is 2. The summed E-state index contributed by atoms with van der Waals surface area (Å²) in [6.45, 7) is 4.06. The summed E-state index contributed by atoms with van der Waals surface area (Å²) in [7, 11) is 0. The maximum absolute atomic E-state index is 8.79. The first-order valence-corrected chi connectivity index (χ1v) is 6.78. The quantitative estimate of drug-likeness (QED) is 0.370. The molecule has 4 nitrogen and oxygen atoms in total. The fourth-order valence-electron chi connectivity index (χ4n) is 2.45. The zero-order valence-corrected chi connectivity index (χ0v) is 11.5. The Morgan fingerprint density at radius 3 is 2.95 bits per heavy atom. The second kappa shape index (κ2) is 6.24. The molecule has 0 spiro atoms. The van der Waals surface area contributed by atoms with Gasteiger partial charge in [0.1, 0.15) is 0 Å². The van der Waals surface area contributed by atoms with Crippen LogP contribution in [0.3, 0.4) is 0 Å². The maximum Gasteiger partial charge on any atom is 0.205 e. The van der Waals surface area contributed by atoms with Crippen LogP contribution in [0.15, 0.2) is 29.3 Å². The molecule has 1 aromatic rings. The number of benzene rings is 1. The van der Waals surface area contributed by atoms with E-state index in [9.17, 15) is 0 Å². The van der Waals surface area contributed by atoms with Gasteiger partial charge in [-0.15, -0.1) is 0 Å². The predicted octanol–water partition coefficient (Wildman–Crippen LogP) is 2.49. The molecule has 1 aliphatic rings. The predicted molar refractivity (Wildman–Crippen MR) is 76.6 cm³/mol. The van der Waals surface area contributed by atoms with Crippen LogP contribution in [0.4, 0.5) is 0 Å². The summed E-state index contributed by atoms with van der Waals surface area (Å²) in [6, 6.07) is 8.84. The average Bonchev–Trinajstić information content (AvgIpc) is 2.39. The van der Waals surface area contributed by atoms with Crippen LogP contribution in [0.5, 0.6) is 0 Å². The molecule has 0 bridgehead atoms. The van der Waals surface area contributed by atoms with Gasteiger partial charge in [-0.2, -0.15) is 5.26 Å². The lowest BCUT2D eigenvalue weighted by Crippen LogP contribution is -2.39. The summed E-state index contributed by atoms with van der Waals surface area (Å²) in [5, 5.41) is 14.6. The summed E-state index contributed by atoms with van der Waals surface area (Å²) in [4.78, 5) is 4.68. The van der Waals surface area contributed by atoms with Crippen molar-refractivity contribution in [3.05, 3.63) is 35.4 Å². The minimum atomic E-state index is 0.145. The van der Waals surface area contributed by atoms with Crippen molar-refractivity contribution < 1.29 is 0 Å². The Bertz CT molecular complexity index is 499. The van der Waals surface area contributed by atoms with E-state index in [1.54, 1.807) is 0 Å². The van der Waals surface area contributed by atoms with E-state index >= 15 is 0 Å². The van der Waals surface area contributed by atoms with Gasteiger partial charge in [-0.1, -0.05) is 24.3 Å². The summed E-state index contributed by atoms with van der Waals surface area (Å²) in [6.07, 6.45) is 5.25. The van der Waals surface area contributed by atoms with E-state index in [0.29, 0.717) is 5.96 Å². The molecule has 0 heterocycles. The largest absolute Gasteiger partial charge is 0.353 e. The number of aryl methyl sites for hydroxylation is 1. The number of fused-ring (bicyclic) bond motifs is 1. The third kappa shape index (κ3) is 3.47. The molecule has 19 heavy (non-hydrogen) atoms. The molecule has 2 rings (SSSR count). The van der Waals surface area contributed by atoms with Crippen molar-refractivity contribution in [1.82, 2.24) is 10.6 Å². The minimum Gasteiger partial charge on any atom is -0.353 e. The standard InChI is InChI=1S/C15H20N4/c1-11(2)18-15(17-10-16)19-14-9-5-7-12-6-3-4-8-13(12)14/h3-4,6,8,11,14H,5,7,9H2,1-2H3,(H2,17,18,19). The second-order valence-electron chi connectivity index (χ2n) is 5.12. The number of nitrogens with zero attached hydrogens (tertiary/aromatic N) is 2. The van der Waals surface area contributed by atoms with Crippen LogP contribution in [0.25, 0.3) is 0 Å². The van der Waals surface area contributed by atoms with Crippen LogP contribution in [-0.4, -0.2) is 12.0 Å². The van der Waals surface area contributed by atoms with Gasteiger partial charge in [-0.25, -0.2) is 4.99 Å². The number of nitrogens with one attached hydrogen (secondary N) is 2. The minimum absolute atomic E-state index is 0.145. The van der Waals surface area contributed by atoms with E-state index < -0.39 is 0 Å². The van der Waals surface area contributed by atoms with E-state index in [-0.39, 0.29) is 12.1 Å². The monoisotopic (exact) mass is 256 g/mol. The van der Waals surface area contributed by atoms with E-state index in [1.165, 1.54) is 11.1 Å². The van der Waals surface area contributed by atoms with Gasteiger partial charge in [-0.05, 0) is 44.2 Å². The van der Waals surface area contributed by atoms with Gasteiger partial charge in [0.05, 0.1) is 6.04 Å². The van der Waals surface area contributed by atoms with Gasteiger partial charge >= 0.3 is 0 Å². The van der Waals surface area contributed by atoms with Gasteiger partial charge in [0.15, 0.2) is 6.19 Å². The molecule has 0 saturated carbocycles. The average molecular weight is 256 g/mol. The van der Waals surface area contributed by atoms with Crippen LogP contribution in [-0.2, 0) is 6.42 Å². The van der Waals surface area contributed by atoms with Crippen molar-refractivity contribution in [1.29, 1.82) is 5.26 Å². The molecule has 0 amide bonds. The Labute approximate surface area is 114 Å². The van der Waals surface area contributed by atoms with E-state index in [1.807, 2.05) is 20.0 Å². The zero-order chi connectivity index (χ0) is 13.7. The van der Waals surface area contributed by atoms with Crippen LogP contribution in [0, 0.1) is 11.5 Å². The van der Waals surface area contributed by atoms with Gasteiger partial charge in [0.2, 0.25) is 5.96 Å². The molecule has 0 fully saturated rings. The van der Waals surface area contributed by atoms with Crippen molar-refractivity contribution in [3.63, 3.8) is 0 Å². The SMILES string of the molecule is CC(C)NC(=NC1CCCc2ccccc21)NC#N. The highest BCUT2D eigenvalue weighted by Crippen LogP contribution is 2.32. The Hall–Kier alpha value is -2.02. The molecular weight excluding hydrogens is 236 g/mol. The Morgan fingerprint density at radius 1 is 1.42 bits per heavy atom. The molecule has 1 aliphatic carbocycles. The summed E-state index contributed by atoms with van der Waals surface area (Å²) < 4.78 is 0. The van der Waals surface area contributed by atoms with Crippen molar-refractivity contribution in [2.24, 2.45) is 4.99 Å². The summed E-state index contributed by atoms with van der Waals surface area (Å²) in [5.41, 5.74) is 2.67. The van der Waals surface area contributed by atoms with E-state index in [0.717, 1.165) is 19.3 Å². The first kappa shape index (κ1) is 13.4. The fraction of sp³-hybridized carbons (Fsp3) is 0.467. The van der Waals surface area contributed by atoms with Crippen molar-refractivity contribution >= 4 is 5.96 Å². The molecule has 4 heteroatoms. The molecular formula is C15H20N4. The number of rotatable bonds is 2. The highest BCUT2D eigenvalue weighted by molar-refractivity contribution is 5.81. The van der Waals surface area contributed by atoms with Gasteiger partial charge in [-0.3, -0.25) is 5.32 Å². The van der Waals surface area contributed by atoms with E-state index in [2.05, 4.69) is 39.9 Å². The van der Waals surface area contributed by atoms with Crippen molar-refractivity contribution in [3.8, 4) is 6.19 Å². The Kier molecular flexibility index (Phi) is 4.40. The van der Waals surface area contributed by atoms with Crippen LogP contribution in [0.2, 0.25) is 0 Å². The molecule has 1 aromatic carbocycles. The normalized spacial score (nSPS) is 18.6. The Morgan fingerprint density at radius 2 is 2.21 bits per heavy atom. The first-order chi connectivity index (χ1) is 9.20. The maximum atomic E-state index is 8.79. The highest BCUT2D eigenvalue weighted by Gasteiger charge is 2.19. The second-order valence-corrected chi connectivity index (χ2v) is 5.12. The van der Waals surface area contributed by atoms with Crippen molar-refractivity contribution in [2.45, 2.75) is 45.2 Å². The van der Waals surface area contributed by atoms with Crippen molar-refractivity contribution in [2.75, 3.05) is 0 Å². The summed E-state index contributed by atoms with van der Waals surface area (Å²) in [5.74, 6) is 0.569. The molecule has 0 radical (unpaired) electrons. The van der Waals surface area contributed by atoms with Gasteiger partial charge in [0.25, 0.3) is 0 Å². The third-order valence-electron chi connectivity index (χ3n) is 3.22. The fourth-order valence-corrected chi connectivity index (χ4v) is 2.45. The first-order valence-electron chi connectivity index (χ1n) is 6.78. The lowest BCUT2D eigenvalue weighted by Gasteiger charge is -2.23. The molecule has 100 valence electrons. The number of nitriles is 1. The smallest absolute Gasteiger partial charge is 0.205 e. The molecule has 0 saturated heterocycles. The van der Waals surface area contributed by atoms with Crippen LogP contribution in [0.1, 0.15) is 43.9 Å². The highest BCUT2D eigenvalue weighted by atomic mass is 15.2. The van der Waals surface area contributed by atoms with E-state index in [4.69, 9.17) is 5.26 Å². The lowest BCUT2D eigenvalue weighted by molar-refractivity contribution is 0.565. The molecule has 0 aromatic heterocycles. The van der Waals surface area contributed by atoms with Gasteiger partial charge in [0, 0.05) is 6.04 Å². The number of hydrogen-bond donors (Lipinski definition) is 2. The number of aliphatic imine (C=N–C) groups is 1.